The van der Waals surface area contributed by atoms with E-state index in [0.29, 0.717) is 22.5 Å². The van der Waals surface area contributed by atoms with Gasteiger partial charge in [-0.15, -0.1) is 0 Å². The second-order valence-electron chi connectivity index (χ2n) is 15.3. The molecule has 8 rings (SSSR count). The standard InChI is InChI=1S/C26H18FN3O6S.C25H16FN3O6S/c1-36-26(31)20-6-13-25(19(16-20)5-2-18-3-7-21(27)8-4-18)37(34,35)17-22-14-15-29(28-22)23-9-11-24(12-10-23)30(32)33;26-20-6-2-17(3-7-20)1-4-18-15-19(25(30)31)5-12-24(18)36(34,35)16-21-13-14-28(27-21)22-8-10-23(11-9-22)29(32)33/h3-4,6-16H,17H2,1H3;2-3,5-15H,16H2,(H,30,31). The third-order valence-electron chi connectivity index (χ3n) is 10.3. The molecular formula is C51H34F2N6O12S2. The van der Waals surface area contributed by atoms with Crippen LogP contribution < -0.4 is 0 Å². The largest absolute Gasteiger partial charge is 0.478 e. The lowest BCUT2D eigenvalue weighted by atomic mass is 10.1. The zero-order valence-electron chi connectivity index (χ0n) is 37.6. The molecular weight excluding hydrogens is 991 g/mol. The van der Waals surface area contributed by atoms with Gasteiger partial charge in [-0.1, -0.05) is 23.7 Å². The molecule has 0 fully saturated rings. The first-order chi connectivity index (χ1) is 34.8. The SMILES string of the molecule is COC(=O)c1ccc(S(=O)(=O)Cc2ccn(-c3ccc([N+](=O)[O-])cc3)n2)c(C#Cc2ccc(F)cc2)c1.O=C(O)c1ccc(S(=O)(=O)Cc2ccn(-c3ccc([N+](=O)[O-])cc3)n2)c(C#Cc2ccc(F)cc2)c1. The summed E-state index contributed by atoms with van der Waals surface area (Å²) in [6.07, 6.45) is 3.07. The van der Waals surface area contributed by atoms with Gasteiger partial charge in [0, 0.05) is 58.9 Å². The van der Waals surface area contributed by atoms with E-state index in [9.17, 15) is 60.5 Å². The molecule has 0 spiro atoms. The summed E-state index contributed by atoms with van der Waals surface area (Å²) in [5.74, 6) is 7.22. The van der Waals surface area contributed by atoms with Crippen LogP contribution in [0.2, 0.25) is 0 Å². The minimum atomic E-state index is -4.00. The monoisotopic (exact) mass is 1020 g/mol. The number of carboxylic acid groups (broad SMARTS) is 1. The molecule has 0 aliphatic heterocycles. The van der Waals surface area contributed by atoms with E-state index in [2.05, 4.69) is 33.9 Å². The second kappa shape index (κ2) is 22.0. The van der Waals surface area contributed by atoms with Gasteiger partial charge in [-0.2, -0.15) is 10.2 Å². The maximum Gasteiger partial charge on any atom is 0.337 e. The highest BCUT2D eigenvalue weighted by molar-refractivity contribution is 7.91. The molecule has 366 valence electrons. The van der Waals surface area contributed by atoms with Gasteiger partial charge in [0.25, 0.3) is 11.4 Å². The number of rotatable bonds is 12. The van der Waals surface area contributed by atoms with Crippen LogP contribution in [-0.2, 0) is 35.9 Å². The molecule has 0 aliphatic carbocycles. The van der Waals surface area contributed by atoms with E-state index in [4.69, 9.17) is 4.74 Å². The number of sulfone groups is 2. The Kier molecular flexibility index (Phi) is 15.4. The van der Waals surface area contributed by atoms with Crippen LogP contribution >= 0.6 is 0 Å². The first-order valence-electron chi connectivity index (χ1n) is 21.0. The Morgan fingerprint density at radius 2 is 0.959 bits per heavy atom. The number of methoxy groups -OCH3 is 1. The van der Waals surface area contributed by atoms with E-state index in [1.54, 1.807) is 6.20 Å². The van der Waals surface area contributed by atoms with Crippen molar-refractivity contribution in [2.24, 2.45) is 0 Å². The van der Waals surface area contributed by atoms with Gasteiger partial charge in [0.15, 0.2) is 19.7 Å². The number of nitro groups is 2. The first kappa shape index (κ1) is 51.2. The van der Waals surface area contributed by atoms with Crippen LogP contribution in [-0.4, -0.2) is 70.4 Å². The molecule has 73 heavy (non-hydrogen) atoms. The number of nitrogens with zero attached hydrogens (tertiary/aromatic N) is 6. The number of carboxylic acids is 1. The number of hydrogen-bond acceptors (Lipinski definition) is 13. The third-order valence-corrected chi connectivity index (χ3v) is 13.7. The van der Waals surface area contributed by atoms with Crippen molar-refractivity contribution in [1.82, 2.24) is 19.6 Å². The van der Waals surface area contributed by atoms with E-state index < -0.39 is 64.6 Å². The Morgan fingerprint density at radius 1 is 0.575 bits per heavy atom. The first-order valence-corrected chi connectivity index (χ1v) is 24.3. The number of nitro benzene ring substituents is 2. The summed E-state index contributed by atoms with van der Waals surface area (Å²) in [6.45, 7) is 0. The quantitative estimate of drug-likeness (QED) is 0.0526. The predicted molar refractivity (Wildman–Crippen MR) is 258 cm³/mol. The minimum Gasteiger partial charge on any atom is -0.478 e. The molecule has 1 N–H and O–H groups in total. The zero-order chi connectivity index (χ0) is 52.5. The lowest BCUT2D eigenvalue weighted by Gasteiger charge is -2.08. The summed E-state index contributed by atoms with van der Waals surface area (Å²) in [5.41, 5.74) is 2.18. The highest BCUT2D eigenvalue weighted by Crippen LogP contribution is 2.25. The molecule has 0 radical (unpaired) electrons. The molecule has 2 heterocycles. The summed E-state index contributed by atoms with van der Waals surface area (Å²) >= 11 is 0. The Morgan fingerprint density at radius 3 is 1.33 bits per heavy atom. The van der Waals surface area contributed by atoms with Gasteiger partial charge >= 0.3 is 11.9 Å². The third kappa shape index (κ3) is 13.0. The maximum atomic E-state index is 13.3. The van der Waals surface area contributed by atoms with Gasteiger partial charge in [0.05, 0.1) is 72.1 Å². The van der Waals surface area contributed by atoms with Crippen molar-refractivity contribution >= 4 is 43.0 Å². The second-order valence-corrected chi connectivity index (χ2v) is 19.2. The number of ether oxygens (including phenoxy) is 1. The van der Waals surface area contributed by atoms with Crippen LogP contribution in [0.15, 0.2) is 168 Å². The highest BCUT2D eigenvalue weighted by Gasteiger charge is 2.24. The number of non-ortho nitro benzene ring substituents is 2. The van der Waals surface area contributed by atoms with Crippen LogP contribution in [0.5, 0.6) is 0 Å². The number of hydrogen-bond donors (Lipinski definition) is 1. The van der Waals surface area contributed by atoms with Gasteiger partial charge in [0.2, 0.25) is 0 Å². The summed E-state index contributed by atoms with van der Waals surface area (Å²) in [5, 5.41) is 39.5. The average Bonchev–Trinajstić information content (AvgIpc) is 4.05. The Balaban J connectivity index is 0.000000214. The lowest BCUT2D eigenvalue weighted by Crippen LogP contribution is -2.10. The number of esters is 1. The van der Waals surface area contributed by atoms with E-state index in [-0.39, 0.29) is 54.8 Å². The normalized spacial score (nSPS) is 10.9. The van der Waals surface area contributed by atoms with E-state index >= 15 is 0 Å². The molecule has 8 aromatic rings. The van der Waals surface area contributed by atoms with Crippen molar-refractivity contribution in [3.63, 3.8) is 0 Å². The molecule has 0 unspecified atom stereocenters. The van der Waals surface area contributed by atoms with Crippen molar-refractivity contribution in [3.8, 4) is 35.1 Å². The van der Waals surface area contributed by atoms with Crippen LogP contribution in [0.25, 0.3) is 11.4 Å². The van der Waals surface area contributed by atoms with Gasteiger partial charge in [-0.25, -0.2) is 44.6 Å². The minimum absolute atomic E-state index is 0.0194. The smallest absolute Gasteiger partial charge is 0.337 e. The zero-order valence-corrected chi connectivity index (χ0v) is 39.3. The number of halogens is 2. The van der Waals surface area contributed by atoms with Gasteiger partial charge < -0.3 is 9.84 Å². The van der Waals surface area contributed by atoms with Crippen LogP contribution in [0.1, 0.15) is 54.4 Å². The van der Waals surface area contributed by atoms with Crippen LogP contribution in [0.3, 0.4) is 0 Å². The molecule has 22 heteroatoms. The Bertz CT molecular complexity index is 3780. The number of benzene rings is 6. The van der Waals surface area contributed by atoms with Crippen molar-refractivity contribution in [2.75, 3.05) is 7.11 Å². The van der Waals surface area contributed by atoms with E-state index in [0.717, 1.165) is 0 Å². The fourth-order valence-corrected chi connectivity index (χ4v) is 9.52. The van der Waals surface area contributed by atoms with Crippen molar-refractivity contribution < 1.29 is 54.9 Å². The lowest BCUT2D eigenvalue weighted by molar-refractivity contribution is -0.385. The van der Waals surface area contributed by atoms with Gasteiger partial charge in [-0.3, -0.25) is 20.2 Å². The molecule has 0 saturated carbocycles. The molecule has 2 aromatic heterocycles. The molecule has 0 amide bonds. The summed E-state index contributed by atoms with van der Waals surface area (Å²) in [7, 11) is -6.77. The fourth-order valence-electron chi connectivity index (χ4n) is 6.69. The molecule has 0 bridgehead atoms. The van der Waals surface area contributed by atoms with Gasteiger partial charge in [0.1, 0.15) is 11.6 Å². The molecule has 0 saturated heterocycles. The summed E-state index contributed by atoms with van der Waals surface area (Å²) in [4.78, 5) is 43.8. The van der Waals surface area contributed by atoms with Gasteiger partial charge in [-0.05, 0) is 121 Å². The highest BCUT2D eigenvalue weighted by atomic mass is 32.2. The topological polar surface area (TPSA) is 254 Å². The fraction of sp³-hybridized carbons (Fsp3) is 0.0588. The molecule has 18 nitrogen and oxygen atoms in total. The molecule has 0 atom stereocenters. The summed E-state index contributed by atoms with van der Waals surface area (Å²) < 4.78 is 87.0. The van der Waals surface area contributed by atoms with Crippen molar-refractivity contribution in [1.29, 1.82) is 0 Å². The number of carbonyl (C=O) groups is 2. The number of aromatic carboxylic acids is 1. The number of carbonyl (C=O) groups excluding carboxylic acids is 1. The van der Waals surface area contributed by atoms with Crippen molar-refractivity contribution in [2.45, 2.75) is 21.3 Å². The molecule has 0 aliphatic rings. The maximum absolute atomic E-state index is 13.3. The predicted octanol–water partition coefficient (Wildman–Crippen LogP) is 8.07. The van der Waals surface area contributed by atoms with E-state index in [1.165, 1.54) is 168 Å². The van der Waals surface area contributed by atoms with E-state index in [1.807, 2.05) is 0 Å². The Hall–Kier alpha value is -9.64. The average molecular weight is 1020 g/mol. The van der Waals surface area contributed by atoms with Crippen LogP contribution in [0, 0.1) is 55.5 Å². The Labute approximate surface area is 413 Å². The molecule has 6 aromatic carbocycles. The summed E-state index contributed by atoms with van der Waals surface area (Å²) in [6, 6.07) is 32.3. The number of aromatic nitrogens is 4. The van der Waals surface area contributed by atoms with Crippen molar-refractivity contribution in [3.05, 3.63) is 235 Å². The van der Waals surface area contributed by atoms with Crippen LogP contribution in [0.4, 0.5) is 20.2 Å².